The third-order valence-electron chi connectivity index (χ3n) is 6.66. The number of carbonyl (C=O) groups excluding carboxylic acids is 2. The average molecular weight is 558 g/mol. The molecule has 0 bridgehead atoms. The molecule has 0 heterocycles. The first kappa shape index (κ1) is 28.3. The zero-order chi connectivity index (χ0) is 28.4. The van der Waals surface area contributed by atoms with Crippen molar-refractivity contribution in [2.45, 2.75) is 40.2 Å². The molecule has 4 rings (SSSR count). The fraction of sp³-hybridized carbons (Fsp3) is 0.188. The fourth-order valence-electron chi connectivity index (χ4n) is 4.04. The lowest BCUT2D eigenvalue weighted by Crippen LogP contribution is -2.40. The van der Waals surface area contributed by atoms with E-state index in [4.69, 9.17) is 0 Å². The van der Waals surface area contributed by atoms with Crippen LogP contribution in [0.25, 0.3) is 0 Å². The third-order valence-corrected chi connectivity index (χ3v) is 10.1. The normalized spacial score (nSPS) is 11.7. The van der Waals surface area contributed by atoms with Crippen LogP contribution < -0.4 is 4.90 Å². The number of nitrogens with zero attached hydrogens (tertiary/aromatic N) is 1. The molecule has 4 aromatic carbocycles. The van der Waals surface area contributed by atoms with Gasteiger partial charge in [0.1, 0.15) is 4.75 Å². The molecule has 0 amide bonds. The standard InChI is InChI=1S/C32H31NO4S2/c1-22-6-20-29(21-7-22)39(36,37)32(2,3)31(35)25-12-18-28(19-13-25)38-27-16-10-24(11-17-27)30(34)23-8-14-26(15-9-23)33(4)5/h6-21H,1-5H3. The van der Waals surface area contributed by atoms with Crippen molar-refractivity contribution in [2.24, 2.45) is 0 Å². The Kier molecular flexibility index (Phi) is 8.14. The van der Waals surface area contributed by atoms with Gasteiger partial charge in [0.25, 0.3) is 0 Å². The molecule has 0 aliphatic rings. The molecule has 39 heavy (non-hydrogen) atoms. The molecular weight excluding hydrogens is 526 g/mol. The van der Waals surface area contributed by atoms with Gasteiger partial charge in [-0.05, 0) is 93.6 Å². The summed E-state index contributed by atoms with van der Waals surface area (Å²) < 4.78 is 24.9. The van der Waals surface area contributed by atoms with E-state index in [0.717, 1.165) is 21.0 Å². The summed E-state index contributed by atoms with van der Waals surface area (Å²) in [6, 6.07) is 28.4. The molecule has 7 heteroatoms. The number of hydrogen-bond donors (Lipinski definition) is 0. The second-order valence-electron chi connectivity index (χ2n) is 10.1. The van der Waals surface area contributed by atoms with Gasteiger partial charge in [0.15, 0.2) is 21.4 Å². The molecule has 5 nitrogen and oxygen atoms in total. The van der Waals surface area contributed by atoms with Crippen LogP contribution in [0.4, 0.5) is 5.69 Å². The van der Waals surface area contributed by atoms with E-state index in [-0.39, 0.29) is 10.7 Å². The van der Waals surface area contributed by atoms with Crippen LogP contribution in [0, 0.1) is 6.92 Å². The van der Waals surface area contributed by atoms with Gasteiger partial charge in [0.2, 0.25) is 0 Å². The summed E-state index contributed by atoms with van der Waals surface area (Å²) in [7, 11) is 0.0266. The SMILES string of the molecule is Cc1ccc(S(=O)(=O)C(C)(C)C(=O)c2ccc(Sc3ccc(C(=O)c4ccc(N(C)C)cc4)cc3)cc2)cc1. The minimum Gasteiger partial charge on any atom is -0.378 e. The lowest BCUT2D eigenvalue weighted by atomic mass is 10.0. The smallest absolute Gasteiger partial charge is 0.193 e. The number of hydrogen-bond acceptors (Lipinski definition) is 6. The second kappa shape index (κ2) is 11.2. The van der Waals surface area contributed by atoms with Crippen molar-refractivity contribution < 1.29 is 18.0 Å². The van der Waals surface area contributed by atoms with Gasteiger partial charge >= 0.3 is 0 Å². The number of carbonyl (C=O) groups is 2. The van der Waals surface area contributed by atoms with Crippen LogP contribution in [0.2, 0.25) is 0 Å². The number of Topliss-reactive ketones (excluding diaryl/α,β-unsaturated/α-hetero) is 1. The van der Waals surface area contributed by atoms with Crippen LogP contribution >= 0.6 is 11.8 Å². The molecule has 0 spiro atoms. The number of anilines is 1. The van der Waals surface area contributed by atoms with E-state index in [0.29, 0.717) is 16.7 Å². The van der Waals surface area contributed by atoms with Crippen LogP contribution in [-0.2, 0) is 9.84 Å². The quantitative estimate of drug-likeness (QED) is 0.209. The Morgan fingerprint density at radius 3 is 1.56 bits per heavy atom. The zero-order valence-corrected chi connectivity index (χ0v) is 24.3. The summed E-state index contributed by atoms with van der Waals surface area (Å²) in [5.41, 5.74) is 3.55. The topological polar surface area (TPSA) is 71.5 Å². The van der Waals surface area contributed by atoms with Crippen LogP contribution in [-0.4, -0.2) is 38.8 Å². The predicted molar refractivity (Wildman–Crippen MR) is 158 cm³/mol. The maximum atomic E-state index is 13.3. The van der Waals surface area contributed by atoms with Gasteiger partial charge in [-0.15, -0.1) is 0 Å². The highest BCUT2D eigenvalue weighted by Gasteiger charge is 2.43. The molecule has 0 N–H and O–H groups in total. The number of sulfone groups is 1. The van der Waals surface area contributed by atoms with Crippen molar-refractivity contribution in [1.29, 1.82) is 0 Å². The highest BCUT2D eigenvalue weighted by Crippen LogP contribution is 2.32. The molecule has 0 aliphatic carbocycles. The van der Waals surface area contributed by atoms with E-state index in [1.165, 1.54) is 25.6 Å². The molecule has 4 aromatic rings. The first-order chi connectivity index (χ1) is 18.4. The van der Waals surface area contributed by atoms with Crippen molar-refractivity contribution in [3.05, 3.63) is 119 Å². The van der Waals surface area contributed by atoms with Gasteiger partial charge in [0.05, 0.1) is 4.90 Å². The highest BCUT2D eigenvalue weighted by atomic mass is 32.2. The monoisotopic (exact) mass is 557 g/mol. The van der Waals surface area contributed by atoms with Gasteiger partial charge < -0.3 is 4.90 Å². The first-order valence-corrected chi connectivity index (χ1v) is 14.8. The van der Waals surface area contributed by atoms with Crippen LogP contribution in [0.1, 0.15) is 45.7 Å². The number of ketones is 2. The summed E-state index contributed by atoms with van der Waals surface area (Å²) in [6.45, 7) is 4.78. The van der Waals surface area contributed by atoms with E-state index < -0.39 is 20.4 Å². The van der Waals surface area contributed by atoms with Gasteiger partial charge in [-0.2, -0.15) is 0 Å². The first-order valence-electron chi connectivity index (χ1n) is 12.5. The molecule has 0 unspecified atom stereocenters. The fourth-order valence-corrected chi connectivity index (χ4v) is 6.31. The minimum atomic E-state index is -3.88. The minimum absolute atomic E-state index is 0.0390. The van der Waals surface area contributed by atoms with E-state index in [1.807, 2.05) is 62.3 Å². The summed E-state index contributed by atoms with van der Waals surface area (Å²) in [5, 5.41) is 0. The maximum absolute atomic E-state index is 13.3. The lowest BCUT2D eigenvalue weighted by Gasteiger charge is -2.23. The molecule has 0 saturated carbocycles. The van der Waals surface area contributed by atoms with Gasteiger partial charge in [-0.1, -0.05) is 41.6 Å². The lowest BCUT2D eigenvalue weighted by molar-refractivity contribution is 0.0953. The molecule has 0 aliphatic heterocycles. The molecular formula is C32H31NO4S2. The van der Waals surface area contributed by atoms with Crippen molar-refractivity contribution >= 4 is 38.9 Å². The van der Waals surface area contributed by atoms with Crippen LogP contribution in [0.5, 0.6) is 0 Å². The average Bonchev–Trinajstić information content (AvgIpc) is 2.93. The van der Waals surface area contributed by atoms with E-state index >= 15 is 0 Å². The third kappa shape index (κ3) is 6.00. The molecule has 0 aromatic heterocycles. The number of benzene rings is 4. The summed E-state index contributed by atoms with van der Waals surface area (Å²) in [6.07, 6.45) is 0. The number of aryl methyl sites for hydroxylation is 1. The largest absolute Gasteiger partial charge is 0.378 e. The maximum Gasteiger partial charge on any atom is 0.193 e. The predicted octanol–water partition coefficient (Wildman–Crippen LogP) is 6.88. The molecule has 0 atom stereocenters. The van der Waals surface area contributed by atoms with Crippen molar-refractivity contribution in [3.8, 4) is 0 Å². The zero-order valence-electron chi connectivity index (χ0n) is 22.6. The van der Waals surface area contributed by atoms with E-state index in [1.54, 1.807) is 60.7 Å². The summed E-state index contributed by atoms with van der Waals surface area (Å²) in [4.78, 5) is 30.1. The Bertz CT molecular complexity index is 1590. The van der Waals surface area contributed by atoms with Gasteiger partial charge in [-0.3, -0.25) is 9.59 Å². The second-order valence-corrected chi connectivity index (χ2v) is 13.7. The Balaban J connectivity index is 1.45. The van der Waals surface area contributed by atoms with E-state index in [9.17, 15) is 18.0 Å². The Morgan fingerprint density at radius 2 is 1.10 bits per heavy atom. The molecule has 200 valence electrons. The van der Waals surface area contributed by atoms with Gasteiger partial charge in [-0.25, -0.2) is 8.42 Å². The Labute approximate surface area is 234 Å². The summed E-state index contributed by atoms with van der Waals surface area (Å²) in [5.74, 6) is -0.496. The number of rotatable bonds is 9. The Morgan fingerprint density at radius 1 is 0.667 bits per heavy atom. The van der Waals surface area contributed by atoms with Crippen molar-refractivity contribution in [3.63, 3.8) is 0 Å². The molecule has 0 radical (unpaired) electrons. The Hall–Kier alpha value is -3.68. The van der Waals surface area contributed by atoms with E-state index in [2.05, 4.69) is 0 Å². The van der Waals surface area contributed by atoms with Crippen molar-refractivity contribution in [2.75, 3.05) is 19.0 Å². The highest BCUT2D eigenvalue weighted by molar-refractivity contribution is 7.99. The molecule has 0 fully saturated rings. The van der Waals surface area contributed by atoms with Gasteiger partial charge in [0, 0.05) is 46.3 Å². The van der Waals surface area contributed by atoms with Crippen molar-refractivity contribution in [1.82, 2.24) is 0 Å². The van der Waals surface area contributed by atoms with Crippen LogP contribution in [0.3, 0.4) is 0 Å². The summed E-state index contributed by atoms with van der Waals surface area (Å²) >= 11 is 1.49. The molecule has 0 saturated heterocycles. The van der Waals surface area contributed by atoms with Crippen LogP contribution in [0.15, 0.2) is 112 Å².